The van der Waals surface area contributed by atoms with Gasteiger partial charge in [0, 0.05) is 0 Å². The molecular formula is C10H14O4. The molecule has 2 rings (SSSR count). The zero-order valence-electron chi connectivity index (χ0n) is 8.19. The van der Waals surface area contributed by atoms with Gasteiger partial charge in [-0.2, -0.15) is 0 Å². The number of fused-ring (bicyclic) bond motifs is 1. The van der Waals surface area contributed by atoms with Gasteiger partial charge < -0.3 is 9.47 Å². The molecule has 78 valence electrons. The van der Waals surface area contributed by atoms with Crippen LogP contribution < -0.4 is 0 Å². The van der Waals surface area contributed by atoms with Gasteiger partial charge >= 0.3 is 11.9 Å². The summed E-state index contributed by atoms with van der Waals surface area (Å²) in [5.74, 6) is -0.857. The summed E-state index contributed by atoms with van der Waals surface area (Å²) < 4.78 is 10.2. The second-order valence-electron chi connectivity index (χ2n) is 3.88. The molecule has 0 radical (unpaired) electrons. The monoisotopic (exact) mass is 198 g/mol. The average molecular weight is 198 g/mol. The van der Waals surface area contributed by atoms with Gasteiger partial charge in [0.25, 0.3) is 0 Å². The van der Waals surface area contributed by atoms with Crippen molar-refractivity contribution < 1.29 is 19.1 Å². The number of esters is 2. The molecule has 4 heteroatoms. The number of carbonyl (C=O) groups is 2. The first-order chi connectivity index (χ1) is 6.72. The van der Waals surface area contributed by atoms with Crippen LogP contribution in [0.5, 0.6) is 0 Å². The summed E-state index contributed by atoms with van der Waals surface area (Å²) in [4.78, 5) is 22.3. The molecule has 0 aromatic carbocycles. The molecule has 0 bridgehead atoms. The highest BCUT2D eigenvalue weighted by Crippen LogP contribution is 2.35. The molecular weight excluding hydrogens is 184 g/mol. The van der Waals surface area contributed by atoms with Gasteiger partial charge in [-0.25, -0.2) is 0 Å². The van der Waals surface area contributed by atoms with E-state index in [1.165, 1.54) is 0 Å². The number of hydrogen-bond donors (Lipinski definition) is 0. The van der Waals surface area contributed by atoms with Gasteiger partial charge in [0.15, 0.2) is 6.10 Å². The Morgan fingerprint density at radius 2 is 2.14 bits per heavy atom. The first-order valence-electron chi connectivity index (χ1n) is 5.12. The minimum absolute atomic E-state index is 0.195. The Kier molecular flexibility index (Phi) is 2.44. The van der Waals surface area contributed by atoms with Crippen molar-refractivity contribution in [1.82, 2.24) is 0 Å². The fourth-order valence-corrected chi connectivity index (χ4v) is 2.06. The quantitative estimate of drug-likeness (QED) is 0.636. The molecule has 0 aromatic rings. The molecule has 3 atom stereocenters. The van der Waals surface area contributed by atoms with Crippen LogP contribution >= 0.6 is 0 Å². The van der Waals surface area contributed by atoms with Crippen molar-refractivity contribution in [2.75, 3.05) is 0 Å². The number of ether oxygens (including phenoxy) is 2. The van der Waals surface area contributed by atoms with Crippen LogP contribution in [0, 0.1) is 5.92 Å². The maximum absolute atomic E-state index is 11.3. The first-order valence-corrected chi connectivity index (χ1v) is 5.12. The summed E-state index contributed by atoms with van der Waals surface area (Å²) in [5.41, 5.74) is 0. The predicted molar refractivity (Wildman–Crippen MR) is 47.4 cm³/mol. The van der Waals surface area contributed by atoms with Crippen LogP contribution in [0.4, 0.5) is 0 Å². The lowest BCUT2D eigenvalue weighted by molar-refractivity contribution is -0.152. The zero-order chi connectivity index (χ0) is 10.1. The van der Waals surface area contributed by atoms with E-state index in [0.717, 1.165) is 19.3 Å². The fourth-order valence-electron chi connectivity index (χ4n) is 2.06. The molecule has 0 spiro atoms. The van der Waals surface area contributed by atoms with Crippen molar-refractivity contribution in [3.05, 3.63) is 0 Å². The molecule has 2 aliphatic heterocycles. The summed E-state index contributed by atoms with van der Waals surface area (Å²) in [6.45, 7) is 2.08. The smallest absolute Gasteiger partial charge is 0.313 e. The Hall–Kier alpha value is -1.06. The molecule has 2 fully saturated rings. The van der Waals surface area contributed by atoms with Crippen molar-refractivity contribution in [1.29, 1.82) is 0 Å². The number of hydrogen-bond acceptors (Lipinski definition) is 4. The summed E-state index contributed by atoms with van der Waals surface area (Å²) in [5, 5.41) is 0. The van der Waals surface area contributed by atoms with Gasteiger partial charge in [0.2, 0.25) is 0 Å². The Bertz CT molecular complexity index is 261. The Balaban J connectivity index is 2.00. The van der Waals surface area contributed by atoms with Crippen LogP contribution in [0.15, 0.2) is 0 Å². The molecule has 0 unspecified atom stereocenters. The minimum Gasteiger partial charge on any atom is -0.458 e. The Morgan fingerprint density at radius 3 is 2.86 bits per heavy atom. The topological polar surface area (TPSA) is 52.6 Å². The number of unbranched alkanes of at least 4 members (excludes halogenated alkanes) is 1. The van der Waals surface area contributed by atoms with Crippen LogP contribution in [0.2, 0.25) is 0 Å². The van der Waals surface area contributed by atoms with Crippen LogP contribution in [0.25, 0.3) is 0 Å². The van der Waals surface area contributed by atoms with Crippen LogP contribution in [0.1, 0.15) is 32.6 Å². The van der Waals surface area contributed by atoms with E-state index >= 15 is 0 Å². The molecule has 2 saturated heterocycles. The van der Waals surface area contributed by atoms with Crippen LogP contribution in [-0.2, 0) is 19.1 Å². The third-order valence-corrected chi connectivity index (χ3v) is 2.83. The highest BCUT2D eigenvalue weighted by atomic mass is 16.6. The second kappa shape index (κ2) is 3.59. The maximum atomic E-state index is 11.3. The molecule has 2 aliphatic rings. The standard InChI is InChI=1S/C10H14O4/c1-2-3-4-7-9-6(10(12)13-7)5-8(11)14-9/h6-7,9H,2-5H2,1H3/t6-,7-,9+/m1/s1. The van der Waals surface area contributed by atoms with Crippen molar-refractivity contribution in [2.45, 2.75) is 44.8 Å². The van der Waals surface area contributed by atoms with Crippen molar-refractivity contribution in [3.8, 4) is 0 Å². The third kappa shape index (κ3) is 1.49. The van der Waals surface area contributed by atoms with Gasteiger partial charge in [0.05, 0.1) is 6.42 Å². The third-order valence-electron chi connectivity index (χ3n) is 2.83. The largest absolute Gasteiger partial charge is 0.458 e. The molecule has 0 amide bonds. The van der Waals surface area contributed by atoms with Crippen molar-refractivity contribution >= 4 is 11.9 Å². The number of carbonyl (C=O) groups excluding carboxylic acids is 2. The van der Waals surface area contributed by atoms with Gasteiger partial charge in [-0.1, -0.05) is 13.3 Å². The summed E-state index contributed by atoms with van der Waals surface area (Å²) in [7, 11) is 0. The summed E-state index contributed by atoms with van der Waals surface area (Å²) >= 11 is 0. The van der Waals surface area contributed by atoms with E-state index in [2.05, 4.69) is 6.92 Å². The lowest BCUT2D eigenvalue weighted by atomic mass is 9.98. The molecule has 4 nitrogen and oxygen atoms in total. The lowest BCUT2D eigenvalue weighted by Gasteiger charge is -2.14. The van der Waals surface area contributed by atoms with Crippen molar-refractivity contribution in [2.24, 2.45) is 5.92 Å². The molecule has 14 heavy (non-hydrogen) atoms. The normalized spacial score (nSPS) is 35.4. The van der Waals surface area contributed by atoms with E-state index < -0.39 is 0 Å². The van der Waals surface area contributed by atoms with E-state index in [1.54, 1.807) is 0 Å². The maximum Gasteiger partial charge on any atom is 0.313 e. The van der Waals surface area contributed by atoms with E-state index in [1.807, 2.05) is 0 Å². The van der Waals surface area contributed by atoms with Crippen molar-refractivity contribution in [3.63, 3.8) is 0 Å². The van der Waals surface area contributed by atoms with Gasteiger partial charge in [-0.15, -0.1) is 0 Å². The van der Waals surface area contributed by atoms with Gasteiger partial charge in [0.1, 0.15) is 12.0 Å². The highest BCUT2D eigenvalue weighted by molar-refractivity contribution is 5.85. The molecule has 0 aliphatic carbocycles. The predicted octanol–water partition coefficient (Wildman–Crippen LogP) is 1.03. The molecule has 2 heterocycles. The van der Waals surface area contributed by atoms with E-state index in [4.69, 9.17) is 9.47 Å². The molecule has 0 saturated carbocycles. The average Bonchev–Trinajstić information content (AvgIpc) is 2.64. The zero-order valence-corrected chi connectivity index (χ0v) is 8.19. The molecule has 0 N–H and O–H groups in total. The first kappa shape index (κ1) is 9.49. The SMILES string of the molecule is CCCC[C@H]1OC(=O)[C@@H]2CC(=O)O[C@H]12. The Morgan fingerprint density at radius 1 is 1.36 bits per heavy atom. The lowest BCUT2D eigenvalue weighted by Crippen LogP contribution is -2.24. The summed E-state index contributed by atoms with van der Waals surface area (Å²) in [6.07, 6.45) is 2.56. The fraction of sp³-hybridized carbons (Fsp3) is 0.800. The van der Waals surface area contributed by atoms with E-state index in [9.17, 15) is 9.59 Å². The van der Waals surface area contributed by atoms with E-state index in [0.29, 0.717) is 0 Å². The van der Waals surface area contributed by atoms with E-state index in [-0.39, 0.29) is 36.5 Å². The number of rotatable bonds is 3. The highest BCUT2D eigenvalue weighted by Gasteiger charge is 2.52. The van der Waals surface area contributed by atoms with Gasteiger partial charge in [-0.3, -0.25) is 9.59 Å². The molecule has 0 aromatic heterocycles. The number of cyclic esters (lactones) is 1. The Labute approximate surface area is 82.6 Å². The van der Waals surface area contributed by atoms with Gasteiger partial charge in [-0.05, 0) is 12.8 Å². The summed E-state index contributed by atoms with van der Waals surface area (Å²) in [6, 6.07) is 0. The van der Waals surface area contributed by atoms with Crippen LogP contribution in [0.3, 0.4) is 0 Å². The minimum atomic E-state index is -0.329. The second-order valence-corrected chi connectivity index (χ2v) is 3.88. The van der Waals surface area contributed by atoms with Crippen LogP contribution in [-0.4, -0.2) is 24.1 Å².